The van der Waals surface area contributed by atoms with Crippen molar-refractivity contribution in [2.45, 2.75) is 19.8 Å². The minimum absolute atomic E-state index is 0.0232. The van der Waals surface area contributed by atoms with E-state index in [0.717, 1.165) is 25.0 Å². The lowest BCUT2D eigenvalue weighted by Crippen LogP contribution is -2.34. The van der Waals surface area contributed by atoms with E-state index < -0.39 is 21.7 Å². The third kappa shape index (κ3) is 4.46. The molecule has 0 aromatic heterocycles. The molecule has 0 amide bonds. The molecule has 8 heteroatoms. The number of ether oxygens (including phenoxy) is 1. The van der Waals surface area contributed by atoms with Crippen LogP contribution in [-0.2, 0) is 10.0 Å². The maximum atomic E-state index is 13.8. The van der Waals surface area contributed by atoms with Crippen molar-refractivity contribution in [1.29, 1.82) is 0 Å². The Balaban J connectivity index is 1.87. The molecule has 26 heavy (non-hydrogen) atoms. The molecule has 0 saturated heterocycles. The van der Waals surface area contributed by atoms with Crippen molar-refractivity contribution in [3.8, 4) is 11.5 Å². The average Bonchev–Trinajstić information content (AvgIpc) is 3.41. The molecule has 0 N–H and O–H groups in total. The van der Waals surface area contributed by atoms with Crippen LogP contribution in [0.5, 0.6) is 11.5 Å². The second-order valence-corrected chi connectivity index (χ2v) is 9.51. The second-order valence-electron chi connectivity index (χ2n) is 6.17. The van der Waals surface area contributed by atoms with Gasteiger partial charge in [0.1, 0.15) is 11.6 Å². The zero-order chi connectivity index (χ0) is 18.9. The molecular weight excluding hydrogens is 475 g/mol. The summed E-state index contributed by atoms with van der Waals surface area (Å²) >= 11 is 2.01. The van der Waals surface area contributed by atoms with Gasteiger partial charge in [-0.3, -0.25) is 4.31 Å². The predicted octanol–water partition coefficient (Wildman–Crippen LogP) is 4.93. The van der Waals surface area contributed by atoms with E-state index in [9.17, 15) is 17.2 Å². The van der Waals surface area contributed by atoms with E-state index in [-0.39, 0.29) is 11.5 Å². The van der Waals surface area contributed by atoms with E-state index in [0.29, 0.717) is 27.5 Å². The van der Waals surface area contributed by atoms with Gasteiger partial charge < -0.3 is 4.74 Å². The summed E-state index contributed by atoms with van der Waals surface area (Å²) in [5, 5.41) is 0. The molecule has 0 bridgehead atoms. The van der Waals surface area contributed by atoms with Crippen LogP contribution in [-0.4, -0.2) is 20.7 Å². The Morgan fingerprint density at radius 1 is 1.15 bits per heavy atom. The van der Waals surface area contributed by atoms with Gasteiger partial charge in [0.25, 0.3) is 0 Å². The van der Waals surface area contributed by atoms with E-state index in [2.05, 4.69) is 0 Å². The standard InChI is InChI=1S/C18H18F2INO3S/c1-2-26(23,24)22(11-12-3-4-12)14-6-8-18(16(21)10-14)25-17-7-5-13(19)9-15(17)20/h5-10,12H,2-4,11H2,1H3. The van der Waals surface area contributed by atoms with Crippen molar-refractivity contribution >= 4 is 38.3 Å². The Morgan fingerprint density at radius 3 is 2.42 bits per heavy atom. The third-order valence-corrected chi connectivity index (χ3v) is 6.74. The van der Waals surface area contributed by atoms with E-state index >= 15 is 0 Å². The van der Waals surface area contributed by atoms with Crippen LogP contribution >= 0.6 is 22.6 Å². The van der Waals surface area contributed by atoms with Crippen LogP contribution in [0.4, 0.5) is 14.5 Å². The topological polar surface area (TPSA) is 46.6 Å². The van der Waals surface area contributed by atoms with Gasteiger partial charge in [-0.05, 0) is 78.6 Å². The molecule has 0 aliphatic heterocycles. The first-order valence-corrected chi connectivity index (χ1v) is 10.9. The molecule has 1 aliphatic carbocycles. The summed E-state index contributed by atoms with van der Waals surface area (Å²) in [5.41, 5.74) is 0.565. The predicted molar refractivity (Wildman–Crippen MR) is 105 cm³/mol. The van der Waals surface area contributed by atoms with Crippen molar-refractivity contribution in [3.05, 3.63) is 51.6 Å². The van der Waals surface area contributed by atoms with Gasteiger partial charge in [-0.1, -0.05) is 0 Å². The van der Waals surface area contributed by atoms with Gasteiger partial charge in [0.05, 0.1) is 15.0 Å². The van der Waals surface area contributed by atoms with Gasteiger partial charge in [-0.15, -0.1) is 0 Å². The quantitative estimate of drug-likeness (QED) is 0.515. The van der Waals surface area contributed by atoms with Crippen LogP contribution in [0.25, 0.3) is 0 Å². The van der Waals surface area contributed by atoms with Crippen molar-refractivity contribution < 1.29 is 21.9 Å². The molecule has 4 nitrogen and oxygen atoms in total. The molecule has 0 atom stereocenters. The smallest absolute Gasteiger partial charge is 0.234 e. The lowest BCUT2D eigenvalue weighted by Gasteiger charge is -2.24. The van der Waals surface area contributed by atoms with Gasteiger partial charge in [0.15, 0.2) is 11.6 Å². The molecule has 2 aromatic rings. The number of sulfonamides is 1. The largest absolute Gasteiger partial charge is 0.453 e. The summed E-state index contributed by atoms with van der Waals surface area (Å²) in [7, 11) is -3.38. The molecular formula is C18H18F2INO3S. The van der Waals surface area contributed by atoms with Gasteiger partial charge in [0, 0.05) is 12.6 Å². The fraction of sp³-hybridized carbons (Fsp3) is 0.333. The first-order valence-electron chi connectivity index (χ1n) is 8.23. The SMILES string of the molecule is CCS(=O)(=O)N(CC1CC1)c1ccc(Oc2ccc(F)cc2F)c(I)c1. The maximum Gasteiger partial charge on any atom is 0.234 e. The van der Waals surface area contributed by atoms with Crippen LogP contribution in [0.2, 0.25) is 0 Å². The molecule has 3 rings (SSSR count). The molecule has 140 valence electrons. The molecule has 1 saturated carbocycles. The normalized spacial score (nSPS) is 14.3. The fourth-order valence-electron chi connectivity index (χ4n) is 2.47. The Morgan fingerprint density at radius 2 is 1.85 bits per heavy atom. The van der Waals surface area contributed by atoms with Crippen LogP contribution in [0.1, 0.15) is 19.8 Å². The number of hydrogen-bond acceptors (Lipinski definition) is 3. The van der Waals surface area contributed by atoms with Gasteiger partial charge in [0.2, 0.25) is 10.0 Å². The molecule has 0 heterocycles. The summed E-state index contributed by atoms with van der Waals surface area (Å²) in [6.07, 6.45) is 2.08. The highest BCUT2D eigenvalue weighted by atomic mass is 127. The van der Waals surface area contributed by atoms with Crippen LogP contribution in [0.3, 0.4) is 0 Å². The molecule has 0 spiro atoms. The first kappa shape index (κ1) is 19.3. The van der Waals surface area contributed by atoms with Crippen LogP contribution < -0.4 is 9.04 Å². The number of rotatable bonds is 7. The van der Waals surface area contributed by atoms with Crippen LogP contribution in [0, 0.1) is 21.1 Å². The highest BCUT2D eigenvalue weighted by Gasteiger charge is 2.30. The minimum atomic E-state index is -3.38. The lowest BCUT2D eigenvalue weighted by molar-refractivity contribution is 0.435. The summed E-state index contributed by atoms with van der Waals surface area (Å²) in [6, 6.07) is 8.04. The van der Waals surface area contributed by atoms with E-state index in [1.807, 2.05) is 22.6 Å². The maximum absolute atomic E-state index is 13.8. The zero-order valence-corrected chi connectivity index (χ0v) is 17.1. The summed E-state index contributed by atoms with van der Waals surface area (Å²) in [4.78, 5) is 0. The molecule has 0 unspecified atom stereocenters. The van der Waals surface area contributed by atoms with Gasteiger partial charge in [-0.2, -0.15) is 0 Å². The van der Waals surface area contributed by atoms with Crippen molar-refractivity contribution in [2.75, 3.05) is 16.6 Å². The number of halogens is 3. The summed E-state index contributed by atoms with van der Waals surface area (Å²) in [6.45, 7) is 2.09. The summed E-state index contributed by atoms with van der Waals surface area (Å²) in [5.74, 6) is -0.768. The monoisotopic (exact) mass is 493 g/mol. The second kappa shape index (κ2) is 7.67. The molecule has 1 fully saturated rings. The number of benzene rings is 2. The van der Waals surface area contributed by atoms with Crippen molar-refractivity contribution in [2.24, 2.45) is 5.92 Å². The van der Waals surface area contributed by atoms with E-state index in [1.165, 1.54) is 10.4 Å². The third-order valence-electron chi connectivity index (χ3n) is 4.14. The van der Waals surface area contributed by atoms with E-state index in [1.54, 1.807) is 25.1 Å². The Hall–Kier alpha value is -1.42. The molecule has 1 aliphatic rings. The Kier molecular flexibility index (Phi) is 5.71. The number of nitrogens with zero attached hydrogens (tertiary/aromatic N) is 1. The van der Waals surface area contributed by atoms with Crippen molar-refractivity contribution in [3.63, 3.8) is 0 Å². The van der Waals surface area contributed by atoms with Gasteiger partial charge in [-0.25, -0.2) is 17.2 Å². The highest BCUT2D eigenvalue weighted by molar-refractivity contribution is 14.1. The molecule has 0 radical (unpaired) electrons. The minimum Gasteiger partial charge on any atom is -0.453 e. The number of anilines is 1. The Labute approximate surface area is 165 Å². The number of hydrogen-bond donors (Lipinski definition) is 0. The van der Waals surface area contributed by atoms with E-state index in [4.69, 9.17) is 4.74 Å². The zero-order valence-electron chi connectivity index (χ0n) is 14.1. The highest BCUT2D eigenvalue weighted by Crippen LogP contribution is 2.36. The molecule has 2 aromatic carbocycles. The fourth-order valence-corrected chi connectivity index (χ4v) is 4.27. The van der Waals surface area contributed by atoms with Gasteiger partial charge >= 0.3 is 0 Å². The van der Waals surface area contributed by atoms with Crippen LogP contribution in [0.15, 0.2) is 36.4 Å². The lowest BCUT2D eigenvalue weighted by atomic mass is 10.2. The Bertz CT molecular complexity index is 917. The van der Waals surface area contributed by atoms with Crippen molar-refractivity contribution in [1.82, 2.24) is 0 Å². The first-order chi connectivity index (χ1) is 12.3. The summed E-state index contributed by atoms with van der Waals surface area (Å²) < 4.78 is 59.2. The average molecular weight is 493 g/mol.